The third-order valence-corrected chi connectivity index (χ3v) is 4.57. The zero-order valence-electron chi connectivity index (χ0n) is 6.39. The van der Waals surface area contributed by atoms with Crippen molar-refractivity contribution in [2.75, 3.05) is 4.43 Å². The third-order valence-electron chi connectivity index (χ3n) is 1.54. The van der Waals surface area contributed by atoms with Gasteiger partial charge in [0.15, 0.2) is 0 Å². The lowest BCUT2D eigenvalue weighted by atomic mass is 10.0. The molecule has 0 saturated carbocycles. The maximum atomic E-state index is 10.4. The Morgan fingerprint density at radius 2 is 2.18 bits per heavy atom. The third kappa shape index (κ3) is 5.21. The predicted molar refractivity (Wildman–Crippen MR) is 62.7 cm³/mol. The predicted octanol–water partition coefficient (Wildman–Crippen LogP) is 2.73. The Balaban J connectivity index is 3.84. The van der Waals surface area contributed by atoms with Crippen molar-refractivity contribution in [1.29, 1.82) is 0 Å². The van der Waals surface area contributed by atoms with Crippen LogP contribution >= 0.6 is 45.2 Å². The molecule has 0 heterocycles. The zero-order valence-corrected chi connectivity index (χ0v) is 10.7. The number of carboxylic acids is 1. The number of hydrogen-bond acceptors (Lipinski definition) is 1. The second-order valence-electron chi connectivity index (χ2n) is 2.44. The van der Waals surface area contributed by atoms with E-state index in [0.717, 1.165) is 10.8 Å². The van der Waals surface area contributed by atoms with Gasteiger partial charge in [0.25, 0.3) is 0 Å². The summed E-state index contributed by atoms with van der Waals surface area (Å²) in [5.74, 6) is -0.347. The Bertz CT molecular complexity index is 128. The van der Waals surface area contributed by atoms with Gasteiger partial charge >= 0.3 is 5.97 Å². The van der Waals surface area contributed by atoms with Crippen LogP contribution in [0.1, 0.15) is 19.8 Å². The molecule has 4 heteroatoms. The highest BCUT2D eigenvalue weighted by Crippen LogP contribution is 2.22. The normalized spacial score (nSPS) is 15.9. The van der Waals surface area contributed by atoms with Crippen LogP contribution in [-0.4, -0.2) is 19.4 Å². The zero-order chi connectivity index (χ0) is 8.85. The van der Waals surface area contributed by atoms with E-state index in [9.17, 15) is 4.79 Å². The summed E-state index contributed by atoms with van der Waals surface area (Å²) in [5.41, 5.74) is 0. The van der Waals surface area contributed by atoms with Crippen LogP contribution in [0.5, 0.6) is 0 Å². The van der Waals surface area contributed by atoms with Gasteiger partial charge < -0.3 is 5.11 Å². The van der Waals surface area contributed by atoms with Gasteiger partial charge in [0.05, 0.1) is 0 Å². The minimum absolute atomic E-state index is 0.310. The first-order valence-corrected chi connectivity index (χ1v) is 6.30. The molecule has 0 rings (SSSR count). The van der Waals surface area contributed by atoms with Crippen molar-refractivity contribution in [2.24, 2.45) is 5.92 Å². The van der Waals surface area contributed by atoms with E-state index < -0.39 is 5.97 Å². The van der Waals surface area contributed by atoms with Crippen LogP contribution in [0.25, 0.3) is 0 Å². The minimum Gasteiger partial charge on any atom is -0.481 e. The smallest absolute Gasteiger partial charge is 0.303 e. The monoisotopic (exact) mass is 382 g/mol. The molecule has 2 atom stereocenters. The van der Waals surface area contributed by atoms with Gasteiger partial charge in [-0.3, -0.25) is 4.79 Å². The van der Waals surface area contributed by atoms with Crippen LogP contribution in [0.15, 0.2) is 0 Å². The van der Waals surface area contributed by atoms with Crippen LogP contribution in [0.4, 0.5) is 0 Å². The standard InChI is InChI=1S/C7H12I2O2/c1-2-6(9)5(4-8)3-7(10)11/h5-6H,2-4H2,1H3,(H,10,11). The molecule has 1 N–H and O–H groups in total. The quantitative estimate of drug-likeness (QED) is 0.587. The molecule has 66 valence electrons. The number of alkyl halides is 2. The largest absolute Gasteiger partial charge is 0.481 e. The number of carboxylic acid groups (broad SMARTS) is 1. The average molecular weight is 382 g/mol. The Morgan fingerprint density at radius 1 is 1.64 bits per heavy atom. The minimum atomic E-state index is -0.679. The summed E-state index contributed by atoms with van der Waals surface area (Å²) in [4.78, 5) is 10.4. The molecule has 0 bridgehead atoms. The van der Waals surface area contributed by atoms with E-state index in [2.05, 4.69) is 52.1 Å². The topological polar surface area (TPSA) is 37.3 Å². The first kappa shape index (κ1) is 11.9. The van der Waals surface area contributed by atoms with Crippen LogP contribution in [0.2, 0.25) is 0 Å². The fourth-order valence-corrected chi connectivity index (χ4v) is 3.24. The first-order valence-electron chi connectivity index (χ1n) is 3.53. The first-order chi connectivity index (χ1) is 5.11. The van der Waals surface area contributed by atoms with E-state index in [1.807, 2.05) is 0 Å². The number of halogens is 2. The summed E-state index contributed by atoms with van der Waals surface area (Å²) in [7, 11) is 0. The van der Waals surface area contributed by atoms with Crippen molar-refractivity contribution in [3.63, 3.8) is 0 Å². The lowest BCUT2D eigenvalue weighted by Gasteiger charge is -2.16. The molecule has 2 unspecified atom stereocenters. The number of carbonyl (C=O) groups is 1. The van der Waals surface area contributed by atoms with Crippen molar-refractivity contribution in [3.05, 3.63) is 0 Å². The molecule has 0 aliphatic rings. The summed E-state index contributed by atoms with van der Waals surface area (Å²) in [6.07, 6.45) is 1.37. The summed E-state index contributed by atoms with van der Waals surface area (Å²) < 4.78 is 1.44. The fourth-order valence-electron chi connectivity index (χ4n) is 0.837. The lowest BCUT2D eigenvalue weighted by molar-refractivity contribution is -0.137. The van der Waals surface area contributed by atoms with Gasteiger partial charge in [0, 0.05) is 14.8 Å². The van der Waals surface area contributed by atoms with Crippen molar-refractivity contribution in [2.45, 2.75) is 23.7 Å². The number of rotatable bonds is 5. The molecule has 0 fully saturated rings. The van der Waals surface area contributed by atoms with Gasteiger partial charge in [-0.15, -0.1) is 0 Å². The molecule has 0 saturated heterocycles. The average Bonchev–Trinajstić information content (AvgIpc) is 1.98. The van der Waals surface area contributed by atoms with E-state index in [1.165, 1.54) is 0 Å². The van der Waals surface area contributed by atoms with Gasteiger partial charge in [0.1, 0.15) is 0 Å². The Morgan fingerprint density at radius 3 is 2.45 bits per heavy atom. The summed E-state index contributed by atoms with van der Waals surface area (Å²) in [5, 5.41) is 8.55. The molecular formula is C7H12I2O2. The molecule has 0 aromatic heterocycles. The Kier molecular flexibility index (Phi) is 6.99. The van der Waals surface area contributed by atoms with Crippen molar-refractivity contribution in [1.82, 2.24) is 0 Å². The van der Waals surface area contributed by atoms with E-state index in [0.29, 0.717) is 16.3 Å². The molecule has 11 heavy (non-hydrogen) atoms. The SMILES string of the molecule is CCC(I)C(CI)CC(=O)O. The van der Waals surface area contributed by atoms with E-state index in [-0.39, 0.29) is 0 Å². The van der Waals surface area contributed by atoms with Gasteiger partial charge in [0.2, 0.25) is 0 Å². The van der Waals surface area contributed by atoms with Crippen LogP contribution in [0.3, 0.4) is 0 Å². The second kappa shape index (κ2) is 6.45. The Labute approximate surface area is 94.4 Å². The second-order valence-corrected chi connectivity index (χ2v) is 4.92. The van der Waals surface area contributed by atoms with Gasteiger partial charge in [-0.1, -0.05) is 52.1 Å². The molecule has 0 aliphatic carbocycles. The van der Waals surface area contributed by atoms with E-state index >= 15 is 0 Å². The van der Waals surface area contributed by atoms with Crippen molar-refractivity contribution >= 4 is 51.2 Å². The fraction of sp³-hybridized carbons (Fsp3) is 0.857. The summed E-state index contributed by atoms with van der Waals surface area (Å²) in [6.45, 7) is 2.10. The molecule has 0 amide bonds. The summed E-state index contributed by atoms with van der Waals surface area (Å²) >= 11 is 4.59. The van der Waals surface area contributed by atoms with E-state index in [1.54, 1.807) is 0 Å². The molecule has 0 aliphatic heterocycles. The highest BCUT2D eigenvalue weighted by atomic mass is 127. The molecule has 2 nitrogen and oxygen atoms in total. The summed E-state index contributed by atoms with van der Waals surface area (Å²) in [6, 6.07) is 0. The molecular weight excluding hydrogens is 370 g/mol. The number of aliphatic carboxylic acids is 1. The van der Waals surface area contributed by atoms with Gasteiger partial charge in [-0.25, -0.2) is 0 Å². The van der Waals surface area contributed by atoms with E-state index in [4.69, 9.17) is 5.11 Å². The Hall–Kier alpha value is 0.930. The highest BCUT2D eigenvalue weighted by Gasteiger charge is 2.18. The molecule has 0 radical (unpaired) electrons. The maximum Gasteiger partial charge on any atom is 0.303 e. The molecule has 0 spiro atoms. The lowest BCUT2D eigenvalue weighted by Crippen LogP contribution is -2.18. The highest BCUT2D eigenvalue weighted by molar-refractivity contribution is 14.1. The molecule has 0 aromatic rings. The van der Waals surface area contributed by atoms with Gasteiger partial charge in [-0.05, 0) is 12.3 Å². The van der Waals surface area contributed by atoms with Gasteiger partial charge in [-0.2, -0.15) is 0 Å². The maximum absolute atomic E-state index is 10.4. The number of hydrogen-bond donors (Lipinski definition) is 1. The van der Waals surface area contributed by atoms with Crippen molar-refractivity contribution in [3.8, 4) is 0 Å². The van der Waals surface area contributed by atoms with Crippen LogP contribution in [0, 0.1) is 5.92 Å². The van der Waals surface area contributed by atoms with Crippen LogP contribution in [-0.2, 0) is 4.79 Å². The van der Waals surface area contributed by atoms with Crippen molar-refractivity contribution < 1.29 is 9.90 Å². The molecule has 0 aromatic carbocycles. The van der Waals surface area contributed by atoms with Crippen LogP contribution < -0.4 is 0 Å².